The van der Waals surface area contributed by atoms with E-state index < -0.39 is 0 Å². The summed E-state index contributed by atoms with van der Waals surface area (Å²) in [4.78, 5) is 4.45. The predicted molar refractivity (Wildman–Crippen MR) is 82.5 cm³/mol. The fourth-order valence-corrected chi connectivity index (χ4v) is 2.93. The number of halogens is 2. The maximum absolute atomic E-state index is 6.14. The molecule has 1 atom stereocenters. The first-order valence-corrected chi connectivity index (χ1v) is 7.45. The minimum absolute atomic E-state index is 0.0509. The Hall–Kier alpha value is -0.840. The van der Waals surface area contributed by atoms with Crippen LogP contribution < -0.4 is 5.32 Å². The number of aryl methyl sites for hydroxylation is 1. The lowest BCUT2D eigenvalue weighted by atomic mass is 10.1. The van der Waals surface area contributed by atoms with Crippen LogP contribution in [0.2, 0.25) is 5.02 Å². The molecule has 0 amide bonds. The van der Waals surface area contributed by atoms with Crippen LogP contribution in [0.4, 0.5) is 0 Å². The molecule has 0 bridgehead atoms. The van der Waals surface area contributed by atoms with Gasteiger partial charge in [0.15, 0.2) is 0 Å². The van der Waals surface area contributed by atoms with E-state index >= 15 is 0 Å². The zero-order chi connectivity index (χ0) is 13.8. The number of aromatic nitrogens is 2. The molecular formula is C14H17BrClN3. The Balaban J connectivity index is 2.39. The van der Waals surface area contributed by atoms with E-state index in [-0.39, 0.29) is 6.04 Å². The highest BCUT2D eigenvalue weighted by Crippen LogP contribution is 2.27. The molecule has 0 saturated heterocycles. The van der Waals surface area contributed by atoms with Crippen molar-refractivity contribution in [3.8, 4) is 0 Å². The van der Waals surface area contributed by atoms with Crippen molar-refractivity contribution in [2.45, 2.75) is 19.4 Å². The van der Waals surface area contributed by atoms with E-state index in [4.69, 9.17) is 11.6 Å². The van der Waals surface area contributed by atoms with Crippen molar-refractivity contribution in [1.82, 2.24) is 14.9 Å². The summed E-state index contributed by atoms with van der Waals surface area (Å²) in [6.45, 7) is 3.08. The Labute approximate surface area is 127 Å². The molecule has 1 heterocycles. The molecule has 0 spiro atoms. The molecule has 102 valence electrons. The van der Waals surface area contributed by atoms with Gasteiger partial charge in [0, 0.05) is 28.9 Å². The van der Waals surface area contributed by atoms with Gasteiger partial charge in [-0.15, -0.1) is 0 Å². The normalized spacial score (nSPS) is 12.6. The number of hydrogen-bond acceptors (Lipinski definition) is 2. The van der Waals surface area contributed by atoms with Crippen LogP contribution in [0.3, 0.4) is 0 Å². The van der Waals surface area contributed by atoms with Gasteiger partial charge in [-0.25, -0.2) is 4.98 Å². The summed E-state index contributed by atoms with van der Waals surface area (Å²) in [5.74, 6) is 0.989. The Morgan fingerprint density at radius 3 is 2.79 bits per heavy atom. The lowest BCUT2D eigenvalue weighted by Gasteiger charge is -2.19. The van der Waals surface area contributed by atoms with Crippen molar-refractivity contribution >= 4 is 27.5 Å². The second kappa shape index (κ2) is 6.55. The molecule has 1 N–H and O–H groups in total. The molecule has 0 aliphatic heterocycles. The summed E-state index contributed by atoms with van der Waals surface area (Å²) in [6.07, 6.45) is 4.84. The topological polar surface area (TPSA) is 29.9 Å². The smallest absolute Gasteiger partial charge is 0.130 e. The van der Waals surface area contributed by atoms with Crippen LogP contribution in [0.5, 0.6) is 0 Å². The minimum atomic E-state index is 0.0509. The summed E-state index contributed by atoms with van der Waals surface area (Å²) in [7, 11) is 2.00. The van der Waals surface area contributed by atoms with Gasteiger partial charge in [0.25, 0.3) is 0 Å². The SMILES string of the molecule is CCCNC(c1cc(Cl)cc(Br)c1)c1nccn1C. The van der Waals surface area contributed by atoms with Gasteiger partial charge in [0.1, 0.15) is 5.82 Å². The number of hydrogen-bond donors (Lipinski definition) is 1. The highest BCUT2D eigenvalue weighted by atomic mass is 79.9. The zero-order valence-corrected chi connectivity index (χ0v) is 13.4. The predicted octanol–water partition coefficient (Wildman–Crippen LogP) is 3.93. The van der Waals surface area contributed by atoms with Crippen LogP contribution in [-0.2, 0) is 7.05 Å². The number of benzene rings is 1. The molecule has 2 rings (SSSR count). The quantitative estimate of drug-likeness (QED) is 0.892. The number of rotatable bonds is 5. The van der Waals surface area contributed by atoms with Gasteiger partial charge in [-0.05, 0) is 36.7 Å². The van der Waals surface area contributed by atoms with Crippen molar-refractivity contribution < 1.29 is 0 Å². The first-order chi connectivity index (χ1) is 9.11. The van der Waals surface area contributed by atoms with Crippen molar-refractivity contribution in [2.24, 2.45) is 7.05 Å². The van der Waals surface area contributed by atoms with E-state index in [2.05, 4.69) is 39.2 Å². The molecule has 3 nitrogen and oxygen atoms in total. The highest BCUT2D eigenvalue weighted by Gasteiger charge is 2.18. The second-order valence-electron chi connectivity index (χ2n) is 4.49. The summed E-state index contributed by atoms with van der Waals surface area (Å²) >= 11 is 9.64. The molecule has 1 aromatic heterocycles. The third kappa shape index (κ3) is 3.59. The molecule has 19 heavy (non-hydrogen) atoms. The van der Waals surface area contributed by atoms with Crippen LogP contribution >= 0.6 is 27.5 Å². The third-order valence-corrected chi connectivity index (χ3v) is 3.61. The van der Waals surface area contributed by atoms with Crippen molar-refractivity contribution in [3.05, 3.63) is 51.5 Å². The van der Waals surface area contributed by atoms with Crippen LogP contribution in [0.1, 0.15) is 30.8 Å². The standard InChI is InChI=1S/C14H17BrClN3/c1-3-4-17-13(14-18-5-6-19(14)2)10-7-11(15)9-12(16)8-10/h5-9,13,17H,3-4H2,1-2H3. The second-order valence-corrected chi connectivity index (χ2v) is 5.84. The molecule has 1 unspecified atom stereocenters. The van der Waals surface area contributed by atoms with Gasteiger partial charge in [0.05, 0.1) is 6.04 Å². The molecule has 0 saturated carbocycles. The Morgan fingerprint density at radius 1 is 1.42 bits per heavy atom. The average Bonchev–Trinajstić information content (AvgIpc) is 2.75. The Kier molecular flexibility index (Phi) is 5.02. The number of nitrogens with zero attached hydrogens (tertiary/aromatic N) is 2. The fourth-order valence-electron chi connectivity index (χ4n) is 2.04. The van der Waals surface area contributed by atoms with Crippen LogP contribution in [0.25, 0.3) is 0 Å². The van der Waals surface area contributed by atoms with Gasteiger partial charge in [-0.2, -0.15) is 0 Å². The van der Waals surface area contributed by atoms with Gasteiger partial charge in [-0.1, -0.05) is 34.5 Å². The molecular weight excluding hydrogens is 326 g/mol. The highest BCUT2D eigenvalue weighted by molar-refractivity contribution is 9.10. The molecule has 0 aliphatic rings. The van der Waals surface area contributed by atoms with E-state index in [1.54, 1.807) is 0 Å². The van der Waals surface area contributed by atoms with Gasteiger partial charge >= 0.3 is 0 Å². The molecule has 1 aromatic carbocycles. The van der Waals surface area contributed by atoms with E-state index in [9.17, 15) is 0 Å². The maximum Gasteiger partial charge on any atom is 0.130 e. The summed E-state index contributed by atoms with van der Waals surface area (Å²) in [6, 6.07) is 6.00. The Morgan fingerprint density at radius 2 is 2.21 bits per heavy atom. The van der Waals surface area contributed by atoms with Crippen LogP contribution in [0, 0.1) is 0 Å². The van der Waals surface area contributed by atoms with Gasteiger partial charge < -0.3 is 9.88 Å². The van der Waals surface area contributed by atoms with Crippen LogP contribution in [0.15, 0.2) is 35.1 Å². The lowest BCUT2D eigenvalue weighted by Crippen LogP contribution is -2.25. The van der Waals surface area contributed by atoms with Crippen molar-refractivity contribution in [1.29, 1.82) is 0 Å². The summed E-state index contributed by atoms with van der Waals surface area (Å²) in [5.41, 5.74) is 1.11. The van der Waals surface area contributed by atoms with E-state index in [0.717, 1.165) is 33.8 Å². The molecule has 2 aromatic rings. The van der Waals surface area contributed by atoms with E-state index in [1.807, 2.05) is 36.1 Å². The number of nitrogens with one attached hydrogen (secondary N) is 1. The molecule has 5 heteroatoms. The summed E-state index contributed by atoms with van der Waals surface area (Å²) < 4.78 is 3.01. The molecule has 0 fully saturated rings. The molecule has 0 aliphatic carbocycles. The van der Waals surface area contributed by atoms with Gasteiger partial charge in [0.2, 0.25) is 0 Å². The minimum Gasteiger partial charge on any atom is -0.336 e. The molecule has 0 radical (unpaired) electrons. The van der Waals surface area contributed by atoms with E-state index in [1.165, 1.54) is 0 Å². The number of imidazole rings is 1. The zero-order valence-electron chi connectivity index (χ0n) is 11.0. The largest absolute Gasteiger partial charge is 0.336 e. The van der Waals surface area contributed by atoms with Crippen molar-refractivity contribution in [3.63, 3.8) is 0 Å². The third-order valence-electron chi connectivity index (χ3n) is 2.93. The van der Waals surface area contributed by atoms with Crippen molar-refractivity contribution in [2.75, 3.05) is 6.54 Å². The first-order valence-electron chi connectivity index (χ1n) is 6.28. The lowest BCUT2D eigenvalue weighted by molar-refractivity contribution is 0.555. The van der Waals surface area contributed by atoms with E-state index in [0.29, 0.717) is 0 Å². The summed E-state index contributed by atoms with van der Waals surface area (Å²) in [5, 5.41) is 4.24. The maximum atomic E-state index is 6.14. The average molecular weight is 343 g/mol. The van der Waals surface area contributed by atoms with Gasteiger partial charge in [-0.3, -0.25) is 0 Å². The van der Waals surface area contributed by atoms with Crippen LogP contribution in [-0.4, -0.2) is 16.1 Å². The Bertz CT molecular complexity index is 533. The first kappa shape index (κ1) is 14.6. The monoisotopic (exact) mass is 341 g/mol. The fraction of sp³-hybridized carbons (Fsp3) is 0.357.